The highest BCUT2D eigenvalue weighted by atomic mass is 79.9. The summed E-state index contributed by atoms with van der Waals surface area (Å²) in [7, 11) is 0. The van der Waals surface area contributed by atoms with E-state index in [9.17, 15) is 10.1 Å². The highest BCUT2D eigenvalue weighted by Gasteiger charge is 2.35. The summed E-state index contributed by atoms with van der Waals surface area (Å²) >= 11 is 3.46. The molecule has 1 rings (SSSR count). The van der Waals surface area contributed by atoms with E-state index < -0.39 is 5.41 Å². The Hall–Kier alpha value is -1.34. The molecule has 0 spiro atoms. The molecule has 4 heteroatoms. The second-order valence-electron chi connectivity index (χ2n) is 4.79. The SMILES string of the molecule is CCC(C#N)(CC)C(=O)Nc1c(C)cc(C)cc1Br. The number of aryl methyl sites for hydroxylation is 2. The minimum Gasteiger partial charge on any atom is -0.323 e. The van der Waals surface area contributed by atoms with Gasteiger partial charge in [-0.25, -0.2) is 0 Å². The minimum absolute atomic E-state index is 0.229. The molecule has 0 atom stereocenters. The first-order valence-corrected chi connectivity index (χ1v) is 7.19. The number of hydrogen-bond donors (Lipinski definition) is 1. The van der Waals surface area contributed by atoms with Crippen LogP contribution in [0.1, 0.15) is 37.8 Å². The van der Waals surface area contributed by atoms with Crippen molar-refractivity contribution in [2.24, 2.45) is 5.41 Å². The van der Waals surface area contributed by atoms with Gasteiger partial charge in [0.1, 0.15) is 5.41 Å². The Balaban J connectivity index is 3.11. The lowest BCUT2D eigenvalue weighted by Gasteiger charge is -2.23. The Morgan fingerprint density at radius 2 is 1.95 bits per heavy atom. The van der Waals surface area contributed by atoms with Crippen LogP contribution in [0.15, 0.2) is 16.6 Å². The topological polar surface area (TPSA) is 52.9 Å². The van der Waals surface area contributed by atoms with E-state index in [1.807, 2.05) is 39.8 Å². The second-order valence-corrected chi connectivity index (χ2v) is 5.65. The molecule has 19 heavy (non-hydrogen) atoms. The number of amides is 1. The standard InChI is InChI=1S/C15H19BrN2O/c1-5-15(6-2,9-17)14(19)18-13-11(4)7-10(3)8-12(13)16/h7-8H,5-6H2,1-4H3,(H,18,19). The summed E-state index contributed by atoms with van der Waals surface area (Å²) in [5.41, 5.74) is 1.91. The number of anilines is 1. The normalized spacial score (nSPS) is 10.9. The average molecular weight is 323 g/mol. The lowest BCUT2D eigenvalue weighted by molar-refractivity contribution is -0.123. The number of rotatable bonds is 4. The van der Waals surface area contributed by atoms with Gasteiger partial charge in [-0.1, -0.05) is 19.9 Å². The largest absolute Gasteiger partial charge is 0.323 e. The van der Waals surface area contributed by atoms with Crippen LogP contribution in [0.2, 0.25) is 0 Å². The van der Waals surface area contributed by atoms with Crippen molar-refractivity contribution in [3.8, 4) is 6.07 Å². The highest BCUT2D eigenvalue weighted by molar-refractivity contribution is 9.10. The highest BCUT2D eigenvalue weighted by Crippen LogP contribution is 2.32. The third-order valence-electron chi connectivity index (χ3n) is 3.53. The molecule has 0 unspecified atom stereocenters. The van der Waals surface area contributed by atoms with Crippen molar-refractivity contribution in [3.63, 3.8) is 0 Å². The van der Waals surface area contributed by atoms with E-state index in [1.54, 1.807) is 0 Å². The van der Waals surface area contributed by atoms with Crippen LogP contribution in [0.4, 0.5) is 5.69 Å². The molecule has 0 fully saturated rings. The first kappa shape index (κ1) is 15.7. The van der Waals surface area contributed by atoms with Crippen molar-refractivity contribution in [2.45, 2.75) is 40.5 Å². The molecule has 0 saturated heterocycles. The molecule has 0 saturated carbocycles. The molecule has 0 radical (unpaired) electrons. The fourth-order valence-corrected chi connectivity index (χ4v) is 2.86. The summed E-state index contributed by atoms with van der Waals surface area (Å²) in [6.45, 7) is 7.67. The Kier molecular flexibility index (Phi) is 5.13. The number of halogens is 1. The smallest absolute Gasteiger partial charge is 0.244 e. The molecule has 1 aromatic carbocycles. The van der Waals surface area contributed by atoms with Gasteiger partial charge in [-0.05, 0) is 59.8 Å². The summed E-state index contributed by atoms with van der Waals surface area (Å²) in [4.78, 5) is 12.4. The van der Waals surface area contributed by atoms with Crippen LogP contribution >= 0.6 is 15.9 Å². The van der Waals surface area contributed by atoms with Crippen molar-refractivity contribution in [1.82, 2.24) is 0 Å². The van der Waals surface area contributed by atoms with Gasteiger partial charge < -0.3 is 5.32 Å². The Morgan fingerprint density at radius 1 is 1.37 bits per heavy atom. The van der Waals surface area contributed by atoms with Gasteiger partial charge in [0.2, 0.25) is 5.91 Å². The van der Waals surface area contributed by atoms with Crippen LogP contribution in [-0.2, 0) is 4.79 Å². The van der Waals surface area contributed by atoms with Gasteiger partial charge in [0.25, 0.3) is 0 Å². The summed E-state index contributed by atoms with van der Waals surface area (Å²) in [5, 5.41) is 12.2. The zero-order valence-electron chi connectivity index (χ0n) is 11.8. The quantitative estimate of drug-likeness (QED) is 0.896. The average Bonchev–Trinajstić information content (AvgIpc) is 2.36. The monoisotopic (exact) mass is 322 g/mol. The first-order valence-electron chi connectivity index (χ1n) is 6.39. The molecule has 102 valence electrons. The number of carbonyl (C=O) groups excluding carboxylic acids is 1. The van der Waals surface area contributed by atoms with Crippen LogP contribution in [0.5, 0.6) is 0 Å². The second kappa shape index (κ2) is 6.21. The third kappa shape index (κ3) is 3.16. The molecule has 0 aliphatic rings. The van der Waals surface area contributed by atoms with Crippen molar-refractivity contribution in [2.75, 3.05) is 5.32 Å². The Morgan fingerprint density at radius 3 is 2.37 bits per heavy atom. The Labute approximate surface area is 123 Å². The number of nitrogens with one attached hydrogen (secondary N) is 1. The maximum atomic E-state index is 12.4. The molecule has 3 nitrogen and oxygen atoms in total. The predicted molar refractivity (Wildman–Crippen MR) is 80.9 cm³/mol. The lowest BCUT2D eigenvalue weighted by atomic mass is 9.83. The van der Waals surface area contributed by atoms with Crippen molar-refractivity contribution in [1.29, 1.82) is 5.26 Å². The van der Waals surface area contributed by atoms with Gasteiger partial charge in [-0.15, -0.1) is 0 Å². The molecule has 1 aromatic rings. The van der Waals surface area contributed by atoms with Gasteiger partial charge in [0.15, 0.2) is 0 Å². The van der Waals surface area contributed by atoms with E-state index in [1.165, 1.54) is 0 Å². The van der Waals surface area contributed by atoms with Gasteiger partial charge >= 0.3 is 0 Å². The van der Waals surface area contributed by atoms with E-state index >= 15 is 0 Å². The van der Waals surface area contributed by atoms with E-state index in [0.29, 0.717) is 12.8 Å². The number of nitrogens with zero attached hydrogens (tertiary/aromatic N) is 1. The molecular formula is C15H19BrN2O. The number of hydrogen-bond acceptors (Lipinski definition) is 2. The summed E-state index contributed by atoms with van der Waals surface area (Å²) in [5.74, 6) is -0.229. The Bertz CT molecular complexity index is 504. The predicted octanol–water partition coefficient (Wildman–Crippen LogP) is 4.33. The minimum atomic E-state index is -0.948. The maximum Gasteiger partial charge on any atom is 0.244 e. The molecule has 0 bridgehead atoms. The molecule has 0 aliphatic carbocycles. The van der Waals surface area contributed by atoms with Gasteiger partial charge in [-0.3, -0.25) is 4.79 Å². The molecule has 0 heterocycles. The molecule has 1 N–H and O–H groups in total. The van der Waals surface area contributed by atoms with E-state index in [0.717, 1.165) is 21.3 Å². The zero-order valence-corrected chi connectivity index (χ0v) is 13.4. The number of benzene rings is 1. The maximum absolute atomic E-state index is 12.4. The fourth-order valence-electron chi connectivity index (χ4n) is 2.09. The van der Waals surface area contributed by atoms with Crippen molar-refractivity contribution >= 4 is 27.5 Å². The van der Waals surface area contributed by atoms with Gasteiger partial charge in [0.05, 0.1) is 11.8 Å². The van der Waals surface area contributed by atoms with Crippen LogP contribution < -0.4 is 5.32 Å². The summed E-state index contributed by atoms with van der Waals surface area (Å²) < 4.78 is 0.845. The third-order valence-corrected chi connectivity index (χ3v) is 4.15. The lowest BCUT2D eigenvalue weighted by Crippen LogP contribution is -2.34. The van der Waals surface area contributed by atoms with Crippen LogP contribution in [0.3, 0.4) is 0 Å². The molecular weight excluding hydrogens is 304 g/mol. The van der Waals surface area contributed by atoms with Crippen LogP contribution in [-0.4, -0.2) is 5.91 Å². The van der Waals surface area contributed by atoms with Crippen molar-refractivity contribution in [3.05, 3.63) is 27.7 Å². The van der Waals surface area contributed by atoms with E-state index in [-0.39, 0.29) is 5.91 Å². The van der Waals surface area contributed by atoms with Gasteiger partial charge in [-0.2, -0.15) is 5.26 Å². The fraction of sp³-hybridized carbons (Fsp3) is 0.467. The molecule has 0 aromatic heterocycles. The van der Waals surface area contributed by atoms with Crippen LogP contribution in [0, 0.1) is 30.6 Å². The number of nitriles is 1. The van der Waals surface area contributed by atoms with Crippen molar-refractivity contribution < 1.29 is 4.79 Å². The molecule has 1 amide bonds. The zero-order chi connectivity index (χ0) is 14.6. The van der Waals surface area contributed by atoms with Gasteiger partial charge in [0, 0.05) is 4.47 Å². The summed E-state index contributed by atoms with van der Waals surface area (Å²) in [6, 6.07) is 6.12. The van der Waals surface area contributed by atoms with E-state index in [4.69, 9.17) is 0 Å². The van der Waals surface area contributed by atoms with Crippen LogP contribution in [0.25, 0.3) is 0 Å². The molecule has 0 aliphatic heterocycles. The number of carbonyl (C=O) groups is 1. The summed E-state index contributed by atoms with van der Waals surface area (Å²) in [6.07, 6.45) is 1.02. The first-order chi connectivity index (χ1) is 8.90. The van der Waals surface area contributed by atoms with E-state index in [2.05, 4.69) is 27.3 Å².